The molecule has 0 saturated carbocycles. The molecule has 2 fully saturated rings. The van der Waals surface area contributed by atoms with E-state index in [9.17, 15) is 9.90 Å². The Morgan fingerprint density at radius 2 is 1.89 bits per heavy atom. The summed E-state index contributed by atoms with van der Waals surface area (Å²) in [6, 6.07) is 0. The van der Waals surface area contributed by atoms with Crippen LogP contribution in [0, 0.1) is 11.3 Å². The second kappa shape index (κ2) is 5.51. The average molecular weight is 270 g/mol. The van der Waals surface area contributed by atoms with Crippen molar-refractivity contribution in [2.24, 2.45) is 11.3 Å². The largest absolute Gasteiger partial charge is 0.385 e. The molecule has 0 aliphatic carbocycles. The van der Waals surface area contributed by atoms with Crippen molar-refractivity contribution < 1.29 is 19.4 Å². The lowest BCUT2D eigenvalue weighted by atomic mass is 9.75. The molecule has 0 aromatic carbocycles. The average Bonchev–Trinajstić information content (AvgIpc) is 2.37. The maximum Gasteiger partial charge on any atom is 0.165 e. The second-order valence-corrected chi connectivity index (χ2v) is 7.00. The van der Waals surface area contributed by atoms with Gasteiger partial charge in [-0.2, -0.15) is 0 Å². The van der Waals surface area contributed by atoms with Gasteiger partial charge >= 0.3 is 0 Å². The molecule has 2 rings (SSSR count). The van der Waals surface area contributed by atoms with E-state index in [0.29, 0.717) is 19.8 Å². The summed E-state index contributed by atoms with van der Waals surface area (Å²) in [5.41, 5.74) is -0.577. The van der Waals surface area contributed by atoms with Gasteiger partial charge in [0.15, 0.2) is 5.78 Å². The lowest BCUT2D eigenvalue weighted by Crippen LogP contribution is -2.48. The van der Waals surface area contributed by atoms with Crippen LogP contribution >= 0.6 is 0 Å². The van der Waals surface area contributed by atoms with Crippen molar-refractivity contribution in [1.82, 2.24) is 0 Å². The Hall–Kier alpha value is -0.450. The minimum absolute atomic E-state index is 0.0123. The number of aliphatic hydroxyl groups excluding tert-OH is 1. The Balaban J connectivity index is 2.02. The van der Waals surface area contributed by atoms with Gasteiger partial charge in [0.1, 0.15) is 6.10 Å². The Morgan fingerprint density at radius 3 is 2.47 bits per heavy atom. The van der Waals surface area contributed by atoms with Crippen molar-refractivity contribution in [1.29, 1.82) is 0 Å². The molecule has 0 radical (unpaired) electrons. The Bertz CT molecular complexity index is 320. The van der Waals surface area contributed by atoms with Gasteiger partial charge in [-0.25, -0.2) is 0 Å². The first kappa shape index (κ1) is 14.9. The van der Waals surface area contributed by atoms with E-state index in [0.717, 1.165) is 25.7 Å². The number of carbonyl (C=O) groups is 1. The van der Waals surface area contributed by atoms with Gasteiger partial charge < -0.3 is 14.6 Å². The van der Waals surface area contributed by atoms with Crippen LogP contribution in [0.15, 0.2) is 0 Å². The fourth-order valence-electron chi connectivity index (χ4n) is 3.01. The van der Waals surface area contributed by atoms with Crippen LogP contribution in [0.4, 0.5) is 0 Å². The third-order valence-electron chi connectivity index (χ3n) is 4.39. The fraction of sp³-hybridized carbons (Fsp3) is 0.933. The normalized spacial score (nSPS) is 29.2. The summed E-state index contributed by atoms with van der Waals surface area (Å²) in [4.78, 5) is 12.4. The van der Waals surface area contributed by atoms with Gasteiger partial charge in [-0.05, 0) is 31.1 Å². The van der Waals surface area contributed by atoms with E-state index in [-0.39, 0.29) is 17.3 Å². The van der Waals surface area contributed by atoms with Crippen molar-refractivity contribution in [2.45, 2.75) is 58.2 Å². The molecular weight excluding hydrogens is 244 g/mol. The van der Waals surface area contributed by atoms with Gasteiger partial charge in [0.2, 0.25) is 0 Å². The van der Waals surface area contributed by atoms with Crippen LogP contribution in [0.3, 0.4) is 0 Å². The summed E-state index contributed by atoms with van der Waals surface area (Å²) in [7, 11) is 0. The number of aliphatic hydroxyl groups is 1. The Labute approximate surface area is 115 Å². The first-order valence-electron chi connectivity index (χ1n) is 7.28. The minimum Gasteiger partial charge on any atom is -0.385 e. The van der Waals surface area contributed by atoms with Gasteiger partial charge in [-0.3, -0.25) is 4.79 Å². The van der Waals surface area contributed by atoms with E-state index >= 15 is 0 Å². The number of ketones is 1. The number of carbonyl (C=O) groups excluding carboxylic acids is 1. The van der Waals surface area contributed by atoms with Gasteiger partial charge in [0, 0.05) is 25.7 Å². The predicted molar refractivity (Wildman–Crippen MR) is 71.9 cm³/mol. The molecule has 2 aliphatic rings. The molecule has 4 heteroatoms. The number of rotatable bonds is 2. The number of ether oxygens (including phenoxy) is 2. The summed E-state index contributed by atoms with van der Waals surface area (Å²) >= 11 is 0. The first-order valence-corrected chi connectivity index (χ1v) is 7.28. The van der Waals surface area contributed by atoms with E-state index in [4.69, 9.17) is 9.47 Å². The quantitative estimate of drug-likeness (QED) is 0.833. The van der Waals surface area contributed by atoms with Crippen molar-refractivity contribution in [2.75, 3.05) is 19.8 Å². The molecule has 2 saturated heterocycles. The molecular formula is C15H26O4. The predicted octanol–water partition coefficient (Wildman–Crippen LogP) is 1.94. The topological polar surface area (TPSA) is 55.8 Å². The Kier molecular flexibility index (Phi) is 4.33. The van der Waals surface area contributed by atoms with Crippen LogP contribution in [-0.4, -0.2) is 42.4 Å². The van der Waals surface area contributed by atoms with E-state index in [1.54, 1.807) is 0 Å². The molecule has 19 heavy (non-hydrogen) atoms. The highest BCUT2D eigenvalue weighted by molar-refractivity contribution is 5.86. The molecule has 0 bridgehead atoms. The van der Waals surface area contributed by atoms with Crippen LogP contribution in [0.25, 0.3) is 0 Å². The molecule has 2 atom stereocenters. The summed E-state index contributed by atoms with van der Waals surface area (Å²) in [6.45, 7) is 7.75. The molecule has 0 amide bonds. The van der Waals surface area contributed by atoms with Crippen LogP contribution in [-0.2, 0) is 14.3 Å². The highest BCUT2D eigenvalue weighted by Crippen LogP contribution is 2.38. The van der Waals surface area contributed by atoms with Gasteiger partial charge in [0.25, 0.3) is 0 Å². The van der Waals surface area contributed by atoms with E-state index in [1.807, 2.05) is 20.8 Å². The molecule has 2 heterocycles. The summed E-state index contributed by atoms with van der Waals surface area (Å²) < 4.78 is 11.3. The van der Waals surface area contributed by atoms with Crippen LogP contribution in [0.1, 0.15) is 46.5 Å². The second-order valence-electron chi connectivity index (χ2n) is 7.00. The Morgan fingerprint density at radius 1 is 1.26 bits per heavy atom. The number of Topliss-reactive ketones (excluding diaryl/α,β-unsaturated/α-hetero) is 1. The maximum absolute atomic E-state index is 12.4. The van der Waals surface area contributed by atoms with Crippen LogP contribution in [0.5, 0.6) is 0 Å². The van der Waals surface area contributed by atoms with E-state index in [2.05, 4.69) is 0 Å². The standard InChI is InChI=1S/C15H26O4/c1-14(2,3)13(17)12(16)11-4-7-19-15(10-11)5-8-18-9-6-15/h11,13,17H,4-10H2,1-3H3. The highest BCUT2D eigenvalue weighted by atomic mass is 16.5. The van der Waals surface area contributed by atoms with Crippen molar-refractivity contribution in [3.05, 3.63) is 0 Å². The third-order valence-corrected chi connectivity index (χ3v) is 4.39. The molecule has 0 aromatic rings. The van der Waals surface area contributed by atoms with Gasteiger partial charge in [-0.1, -0.05) is 20.8 Å². The third kappa shape index (κ3) is 3.36. The summed E-state index contributed by atoms with van der Waals surface area (Å²) in [5, 5.41) is 10.2. The summed E-state index contributed by atoms with van der Waals surface area (Å²) in [6.07, 6.45) is 2.31. The zero-order valence-corrected chi connectivity index (χ0v) is 12.3. The lowest BCUT2D eigenvalue weighted by molar-refractivity contribution is -0.163. The van der Waals surface area contributed by atoms with Crippen molar-refractivity contribution >= 4 is 5.78 Å². The maximum atomic E-state index is 12.4. The number of hydrogen-bond acceptors (Lipinski definition) is 4. The molecule has 110 valence electrons. The molecule has 0 aromatic heterocycles. The molecule has 2 unspecified atom stereocenters. The van der Waals surface area contributed by atoms with E-state index in [1.165, 1.54) is 0 Å². The molecule has 4 nitrogen and oxygen atoms in total. The van der Waals surface area contributed by atoms with Gasteiger partial charge in [0.05, 0.1) is 5.60 Å². The molecule has 1 N–H and O–H groups in total. The number of hydrogen-bond donors (Lipinski definition) is 1. The SMILES string of the molecule is CC(C)(C)C(O)C(=O)C1CCOC2(CCOCC2)C1. The van der Waals surface area contributed by atoms with Gasteiger partial charge in [-0.15, -0.1) is 0 Å². The minimum atomic E-state index is -0.882. The highest BCUT2D eigenvalue weighted by Gasteiger charge is 2.43. The lowest BCUT2D eigenvalue weighted by Gasteiger charge is -2.43. The van der Waals surface area contributed by atoms with Crippen molar-refractivity contribution in [3.8, 4) is 0 Å². The zero-order valence-electron chi connectivity index (χ0n) is 12.3. The zero-order chi connectivity index (χ0) is 14.1. The van der Waals surface area contributed by atoms with Crippen LogP contribution < -0.4 is 0 Å². The fourth-order valence-corrected chi connectivity index (χ4v) is 3.01. The first-order chi connectivity index (χ1) is 8.84. The van der Waals surface area contributed by atoms with Crippen molar-refractivity contribution in [3.63, 3.8) is 0 Å². The monoisotopic (exact) mass is 270 g/mol. The molecule has 1 spiro atoms. The summed E-state index contributed by atoms with van der Waals surface area (Å²) in [5.74, 6) is -0.0808. The smallest absolute Gasteiger partial charge is 0.165 e. The van der Waals surface area contributed by atoms with Crippen LogP contribution in [0.2, 0.25) is 0 Å². The van der Waals surface area contributed by atoms with E-state index < -0.39 is 11.5 Å². The molecule has 2 aliphatic heterocycles.